The number of hydrogen-bond donors (Lipinski definition) is 1. The van der Waals surface area contributed by atoms with Gasteiger partial charge in [-0.05, 0) is 45.2 Å². The van der Waals surface area contributed by atoms with Crippen molar-refractivity contribution in [3.63, 3.8) is 0 Å². The van der Waals surface area contributed by atoms with Crippen LogP contribution in [0.4, 0.5) is 0 Å². The SMILES string of the molecule is CCCCCCC(C)Oc1nc(C)cc(C)c1CO. The Morgan fingerprint density at radius 3 is 2.63 bits per heavy atom. The molecular formula is C16H27NO2. The Morgan fingerprint density at radius 1 is 1.26 bits per heavy atom. The molecule has 1 heterocycles. The number of hydrogen-bond acceptors (Lipinski definition) is 3. The van der Waals surface area contributed by atoms with Gasteiger partial charge in [0.15, 0.2) is 0 Å². The third-order valence-corrected chi connectivity index (χ3v) is 3.37. The van der Waals surface area contributed by atoms with E-state index < -0.39 is 0 Å². The van der Waals surface area contributed by atoms with Gasteiger partial charge in [-0.15, -0.1) is 0 Å². The van der Waals surface area contributed by atoms with Gasteiger partial charge in [0, 0.05) is 11.3 Å². The van der Waals surface area contributed by atoms with Crippen molar-refractivity contribution in [3.8, 4) is 5.88 Å². The third kappa shape index (κ3) is 5.19. The Bertz CT molecular complexity index is 391. The van der Waals surface area contributed by atoms with Crippen molar-refractivity contribution in [1.29, 1.82) is 0 Å². The molecule has 1 atom stereocenters. The lowest BCUT2D eigenvalue weighted by Crippen LogP contribution is -2.14. The zero-order chi connectivity index (χ0) is 14.3. The van der Waals surface area contributed by atoms with E-state index in [1.54, 1.807) is 0 Å². The summed E-state index contributed by atoms with van der Waals surface area (Å²) in [5.74, 6) is 0.600. The number of aryl methyl sites for hydroxylation is 2. The standard InChI is InChI=1S/C16H27NO2/c1-5-6-7-8-9-14(4)19-16-15(11-18)12(2)10-13(3)17-16/h10,14,18H,5-9,11H2,1-4H3. The molecule has 19 heavy (non-hydrogen) atoms. The smallest absolute Gasteiger partial charge is 0.219 e. The van der Waals surface area contributed by atoms with Crippen LogP contribution in [-0.4, -0.2) is 16.2 Å². The first-order valence-corrected chi connectivity index (χ1v) is 7.33. The van der Waals surface area contributed by atoms with Crippen molar-refractivity contribution in [2.75, 3.05) is 0 Å². The first kappa shape index (κ1) is 16.0. The molecule has 0 bridgehead atoms. The molecule has 3 heteroatoms. The summed E-state index contributed by atoms with van der Waals surface area (Å²) >= 11 is 0. The van der Waals surface area contributed by atoms with Crippen molar-refractivity contribution in [1.82, 2.24) is 4.98 Å². The van der Waals surface area contributed by atoms with Gasteiger partial charge in [0.2, 0.25) is 5.88 Å². The van der Waals surface area contributed by atoms with Crippen LogP contribution in [0.2, 0.25) is 0 Å². The van der Waals surface area contributed by atoms with Crippen molar-refractivity contribution in [2.45, 2.75) is 72.5 Å². The minimum Gasteiger partial charge on any atom is -0.474 e. The molecule has 0 amide bonds. The van der Waals surface area contributed by atoms with E-state index in [1.165, 1.54) is 25.7 Å². The van der Waals surface area contributed by atoms with Crippen LogP contribution < -0.4 is 4.74 Å². The molecule has 1 rings (SSSR count). The average molecular weight is 265 g/mol. The van der Waals surface area contributed by atoms with E-state index in [0.29, 0.717) is 5.88 Å². The second-order valence-corrected chi connectivity index (χ2v) is 5.30. The summed E-state index contributed by atoms with van der Waals surface area (Å²) in [4.78, 5) is 4.41. The fourth-order valence-corrected chi connectivity index (χ4v) is 2.23. The van der Waals surface area contributed by atoms with Gasteiger partial charge < -0.3 is 9.84 Å². The Balaban J connectivity index is 2.60. The summed E-state index contributed by atoms with van der Waals surface area (Å²) < 4.78 is 5.91. The summed E-state index contributed by atoms with van der Waals surface area (Å²) in [6, 6.07) is 1.98. The van der Waals surface area contributed by atoms with Crippen molar-refractivity contribution in [2.24, 2.45) is 0 Å². The Labute approximate surface area is 117 Å². The fourth-order valence-electron chi connectivity index (χ4n) is 2.23. The lowest BCUT2D eigenvalue weighted by Gasteiger charge is -2.17. The summed E-state index contributed by atoms with van der Waals surface area (Å²) in [6.45, 7) is 8.21. The molecule has 0 spiro atoms. The summed E-state index contributed by atoms with van der Waals surface area (Å²) in [5.41, 5.74) is 2.79. The van der Waals surface area contributed by atoms with Crippen molar-refractivity contribution < 1.29 is 9.84 Å². The van der Waals surface area contributed by atoms with Gasteiger partial charge in [-0.1, -0.05) is 26.2 Å². The number of ether oxygens (including phenoxy) is 1. The first-order valence-electron chi connectivity index (χ1n) is 7.33. The van der Waals surface area contributed by atoms with E-state index in [4.69, 9.17) is 4.74 Å². The first-order chi connectivity index (χ1) is 9.08. The van der Waals surface area contributed by atoms with Crippen LogP contribution in [0.1, 0.15) is 62.8 Å². The molecule has 0 saturated heterocycles. The van der Waals surface area contributed by atoms with Crippen molar-refractivity contribution in [3.05, 3.63) is 22.9 Å². The largest absolute Gasteiger partial charge is 0.474 e. The lowest BCUT2D eigenvalue weighted by atomic mass is 10.1. The van der Waals surface area contributed by atoms with E-state index in [9.17, 15) is 5.11 Å². The second kappa shape index (κ2) is 8.16. The Kier molecular flexibility index (Phi) is 6.85. The van der Waals surface area contributed by atoms with E-state index in [0.717, 1.165) is 23.2 Å². The number of pyridine rings is 1. The molecule has 108 valence electrons. The Hall–Kier alpha value is -1.09. The second-order valence-electron chi connectivity index (χ2n) is 5.30. The van der Waals surface area contributed by atoms with E-state index >= 15 is 0 Å². The molecule has 0 aliphatic rings. The van der Waals surface area contributed by atoms with Gasteiger partial charge in [0.05, 0.1) is 12.7 Å². The number of aliphatic hydroxyl groups is 1. The molecule has 1 unspecified atom stereocenters. The van der Waals surface area contributed by atoms with Gasteiger partial charge >= 0.3 is 0 Å². The topological polar surface area (TPSA) is 42.4 Å². The normalized spacial score (nSPS) is 12.5. The van der Waals surface area contributed by atoms with Gasteiger partial charge in [0.1, 0.15) is 0 Å². The molecule has 1 aromatic heterocycles. The molecule has 0 fully saturated rings. The van der Waals surface area contributed by atoms with E-state index in [-0.39, 0.29) is 12.7 Å². The molecule has 1 N–H and O–H groups in total. The summed E-state index contributed by atoms with van der Waals surface area (Å²) in [7, 11) is 0. The average Bonchev–Trinajstić information content (AvgIpc) is 2.34. The highest BCUT2D eigenvalue weighted by atomic mass is 16.5. The lowest BCUT2D eigenvalue weighted by molar-refractivity contribution is 0.188. The molecular weight excluding hydrogens is 238 g/mol. The highest BCUT2D eigenvalue weighted by Crippen LogP contribution is 2.23. The van der Waals surface area contributed by atoms with Crippen LogP contribution in [0.3, 0.4) is 0 Å². The maximum atomic E-state index is 9.43. The molecule has 0 saturated carbocycles. The van der Waals surface area contributed by atoms with Crippen LogP contribution in [0.5, 0.6) is 5.88 Å². The monoisotopic (exact) mass is 265 g/mol. The quantitative estimate of drug-likeness (QED) is 0.724. The number of aliphatic hydroxyl groups excluding tert-OH is 1. The predicted molar refractivity (Wildman–Crippen MR) is 78.5 cm³/mol. The zero-order valence-corrected chi connectivity index (χ0v) is 12.7. The van der Waals surface area contributed by atoms with Crippen LogP contribution in [0, 0.1) is 13.8 Å². The minimum atomic E-state index is -0.0169. The summed E-state index contributed by atoms with van der Waals surface area (Å²) in [6.07, 6.45) is 6.18. The van der Waals surface area contributed by atoms with Crippen LogP contribution in [0.25, 0.3) is 0 Å². The fraction of sp³-hybridized carbons (Fsp3) is 0.688. The summed E-state index contributed by atoms with van der Waals surface area (Å²) in [5, 5.41) is 9.43. The molecule has 3 nitrogen and oxygen atoms in total. The number of rotatable bonds is 8. The van der Waals surface area contributed by atoms with Gasteiger partial charge in [0.25, 0.3) is 0 Å². The number of nitrogens with zero attached hydrogens (tertiary/aromatic N) is 1. The maximum Gasteiger partial charge on any atom is 0.219 e. The highest BCUT2D eigenvalue weighted by Gasteiger charge is 2.12. The third-order valence-electron chi connectivity index (χ3n) is 3.37. The van der Waals surface area contributed by atoms with Crippen LogP contribution in [-0.2, 0) is 6.61 Å². The van der Waals surface area contributed by atoms with Gasteiger partial charge in [-0.25, -0.2) is 4.98 Å². The van der Waals surface area contributed by atoms with E-state index in [2.05, 4.69) is 18.8 Å². The zero-order valence-electron chi connectivity index (χ0n) is 12.7. The van der Waals surface area contributed by atoms with E-state index in [1.807, 2.05) is 19.9 Å². The molecule has 0 radical (unpaired) electrons. The predicted octanol–water partition coefficient (Wildman–Crippen LogP) is 3.93. The van der Waals surface area contributed by atoms with Crippen LogP contribution >= 0.6 is 0 Å². The van der Waals surface area contributed by atoms with Crippen LogP contribution in [0.15, 0.2) is 6.07 Å². The number of unbranched alkanes of at least 4 members (excludes halogenated alkanes) is 3. The Morgan fingerprint density at radius 2 is 2.00 bits per heavy atom. The molecule has 0 aliphatic heterocycles. The molecule has 0 aromatic carbocycles. The van der Waals surface area contributed by atoms with Crippen molar-refractivity contribution >= 4 is 0 Å². The minimum absolute atomic E-state index is 0.0169. The molecule has 0 aliphatic carbocycles. The van der Waals surface area contributed by atoms with Gasteiger partial charge in [-0.3, -0.25) is 0 Å². The molecule has 1 aromatic rings. The number of aromatic nitrogens is 1. The maximum absolute atomic E-state index is 9.43. The van der Waals surface area contributed by atoms with Gasteiger partial charge in [-0.2, -0.15) is 0 Å². The highest BCUT2D eigenvalue weighted by molar-refractivity contribution is 5.35.